The zero-order valence-corrected chi connectivity index (χ0v) is 13.4. The van der Waals surface area contributed by atoms with Gasteiger partial charge in [-0.3, -0.25) is 4.79 Å². The summed E-state index contributed by atoms with van der Waals surface area (Å²) in [5.74, 6) is -0.392. The quantitative estimate of drug-likeness (QED) is 0.810. The van der Waals surface area contributed by atoms with E-state index in [2.05, 4.69) is 5.92 Å². The van der Waals surface area contributed by atoms with Gasteiger partial charge in [0.05, 0.1) is 10.5 Å². The van der Waals surface area contributed by atoms with Gasteiger partial charge in [-0.25, -0.2) is 12.8 Å². The number of carbonyl (C=O) groups is 1. The number of carboxylic acids is 1. The average molecular weight is 327 g/mol. The van der Waals surface area contributed by atoms with Crippen molar-refractivity contribution in [2.24, 2.45) is 5.92 Å². The molecule has 2 unspecified atom stereocenters. The second-order valence-electron chi connectivity index (χ2n) is 4.98. The molecule has 0 spiro atoms. The highest BCUT2D eigenvalue weighted by atomic mass is 32.2. The molecule has 0 radical (unpaired) electrons. The van der Waals surface area contributed by atoms with Crippen molar-refractivity contribution in [2.45, 2.75) is 31.2 Å². The molecular weight excluding hydrogens is 309 g/mol. The fraction of sp³-hybridized carbons (Fsp3) is 0.400. The van der Waals surface area contributed by atoms with Crippen molar-refractivity contribution in [3.63, 3.8) is 0 Å². The first-order chi connectivity index (χ1) is 10.2. The average Bonchev–Trinajstić information content (AvgIpc) is 2.46. The van der Waals surface area contributed by atoms with Crippen molar-refractivity contribution < 1.29 is 22.7 Å². The number of hydrogen-bond donors (Lipinski definition) is 1. The Hall–Kier alpha value is -1.91. The molecule has 7 heteroatoms. The van der Waals surface area contributed by atoms with Crippen LogP contribution in [0.5, 0.6) is 0 Å². The summed E-state index contributed by atoms with van der Waals surface area (Å²) in [6.45, 7) is 3.41. The third kappa shape index (κ3) is 3.46. The fourth-order valence-electron chi connectivity index (χ4n) is 2.07. The maximum absolute atomic E-state index is 13.7. The molecule has 0 bridgehead atoms. The lowest BCUT2D eigenvalue weighted by Gasteiger charge is -2.28. The van der Waals surface area contributed by atoms with Gasteiger partial charge >= 0.3 is 5.97 Å². The van der Waals surface area contributed by atoms with Crippen LogP contribution < -0.4 is 0 Å². The summed E-state index contributed by atoms with van der Waals surface area (Å²) in [5.41, 5.74) is -0.0571. The number of nitrogens with zero attached hydrogens (tertiary/aromatic N) is 1. The Balaban J connectivity index is 3.30. The lowest BCUT2D eigenvalue weighted by molar-refractivity contribution is -0.142. The van der Waals surface area contributed by atoms with Gasteiger partial charge in [0.1, 0.15) is 11.9 Å². The number of carboxylic acid groups (broad SMARTS) is 1. The number of halogens is 1. The molecular formula is C15H18FNO4S. The maximum atomic E-state index is 13.7. The minimum Gasteiger partial charge on any atom is -0.480 e. The Labute approximate surface area is 129 Å². The number of hydrogen-bond acceptors (Lipinski definition) is 3. The topological polar surface area (TPSA) is 74.7 Å². The molecule has 1 aromatic rings. The Morgan fingerprint density at radius 3 is 2.50 bits per heavy atom. The molecule has 1 rings (SSSR count). The van der Waals surface area contributed by atoms with Crippen LogP contribution in [-0.4, -0.2) is 36.9 Å². The molecule has 0 aliphatic rings. The SMILES string of the molecule is C#Cc1ccc(S(=O)(=O)N(C)C(C(=O)O)C(C)CC)cc1F. The van der Waals surface area contributed by atoms with Crippen molar-refractivity contribution in [2.75, 3.05) is 7.05 Å². The largest absolute Gasteiger partial charge is 0.480 e. The monoisotopic (exact) mass is 327 g/mol. The standard InChI is InChI=1S/C15H18FNO4S/c1-5-10(3)14(15(18)19)17(4)22(20,21)12-8-7-11(6-2)13(16)9-12/h2,7-10,14H,5H2,1,3-4H3,(H,18,19). The summed E-state index contributed by atoms with van der Waals surface area (Å²) in [5, 5.41) is 9.29. The van der Waals surface area contributed by atoms with Gasteiger partial charge in [0, 0.05) is 7.05 Å². The number of terminal acetylenes is 1. The van der Waals surface area contributed by atoms with E-state index in [1.165, 1.54) is 19.2 Å². The summed E-state index contributed by atoms with van der Waals surface area (Å²) >= 11 is 0. The lowest BCUT2D eigenvalue weighted by Crippen LogP contribution is -2.46. The molecule has 0 aliphatic carbocycles. The van der Waals surface area contributed by atoms with E-state index in [1.54, 1.807) is 13.8 Å². The molecule has 0 heterocycles. The Morgan fingerprint density at radius 2 is 2.09 bits per heavy atom. The summed E-state index contributed by atoms with van der Waals surface area (Å²) in [6.07, 6.45) is 5.58. The van der Waals surface area contributed by atoms with Crippen LogP contribution in [0.2, 0.25) is 0 Å². The van der Waals surface area contributed by atoms with Crippen molar-refractivity contribution in [3.8, 4) is 12.3 Å². The summed E-state index contributed by atoms with van der Waals surface area (Å²) in [7, 11) is -2.97. The third-order valence-electron chi connectivity index (χ3n) is 3.60. The van der Waals surface area contributed by atoms with E-state index >= 15 is 0 Å². The Morgan fingerprint density at radius 1 is 1.50 bits per heavy atom. The van der Waals surface area contributed by atoms with Gasteiger partial charge in [0.15, 0.2) is 0 Å². The number of benzene rings is 1. The number of aliphatic carboxylic acids is 1. The van der Waals surface area contributed by atoms with E-state index < -0.39 is 33.8 Å². The molecule has 120 valence electrons. The van der Waals surface area contributed by atoms with E-state index in [0.29, 0.717) is 6.42 Å². The second-order valence-corrected chi connectivity index (χ2v) is 6.97. The van der Waals surface area contributed by atoms with Crippen LogP contribution in [0.15, 0.2) is 23.1 Å². The van der Waals surface area contributed by atoms with Crippen molar-refractivity contribution in [1.82, 2.24) is 4.31 Å². The van der Waals surface area contributed by atoms with Gasteiger partial charge in [0.2, 0.25) is 10.0 Å². The van der Waals surface area contributed by atoms with Gasteiger partial charge in [-0.15, -0.1) is 6.42 Å². The van der Waals surface area contributed by atoms with E-state index in [9.17, 15) is 22.7 Å². The predicted octanol–water partition coefficient (Wildman–Crippen LogP) is 1.93. The predicted molar refractivity (Wildman–Crippen MR) is 80.2 cm³/mol. The molecule has 0 saturated heterocycles. The van der Waals surface area contributed by atoms with Crippen LogP contribution in [0.1, 0.15) is 25.8 Å². The van der Waals surface area contributed by atoms with Crippen molar-refractivity contribution in [1.29, 1.82) is 0 Å². The molecule has 22 heavy (non-hydrogen) atoms. The first-order valence-corrected chi connectivity index (χ1v) is 8.07. The summed E-state index contributed by atoms with van der Waals surface area (Å²) in [4.78, 5) is 11.0. The van der Waals surface area contributed by atoms with E-state index in [0.717, 1.165) is 10.4 Å². The van der Waals surface area contributed by atoms with Crippen LogP contribution in [0.4, 0.5) is 4.39 Å². The molecule has 0 saturated carbocycles. The van der Waals surface area contributed by atoms with Gasteiger partial charge in [-0.2, -0.15) is 4.31 Å². The minimum absolute atomic E-state index is 0.0571. The fourth-order valence-corrected chi connectivity index (χ4v) is 3.49. The highest BCUT2D eigenvalue weighted by molar-refractivity contribution is 7.89. The lowest BCUT2D eigenvalue weighted by atomic mass is 10.00. The highest BCUT2D eigenvalue weighted by Crippen LogP contribution is 2.23. The molecule has 1 aromatic carbocycles. The van der Waals surface area contributed by atoms with E-state index in [-0.39, 0.29) is 10.5 Å². The maximum Gasteiger partial charge on any atom is 0.322 e. The van der Waals surface area contributed by atoms with Gasteiger partial charge in [-0.1, -0.05) is 26.2 Å². The number of likely N-dealkylation sites (N-methyl/N-ethyl adjacent to an activating group) is 1. The minimum atomic E-state index is -4.14. The number of sulfonamides is 1. The van der Waals surface area contributed by atoms with Gasteiger partial charge < -0.3 is 5.11 Å². The van der Waals surface area contributed by atoms with E-state index in [4.69, 9.17) is 6.42 Å². The second kappa shape index (κ2) is 6.90. The van der Waals surface area contributed by atoms with Crippen molar-refractivity contribution in [3.05, 3.63) is 29.6 Å². The number of rotatable bonds is 6. The zero-order chi connectivity index (χ0) is 17.1. The van der Waals surface area contributed by atoms with E-state index in [1.807, 2.05) is 0 Å². The molecule has 0 fully saturated rings. The molecule has 0 aromatic heterocycles. The first-order valence-electron chi connectivity index (χ1n) is 6.63. The summed E-state index contributed by atoms with van der Waals surface area (Å²) in [6, 6.07) is 1.91. The van der Waals surface area contributed by atoms with Crippen LogP contribution in [-0.2, 0) is 14.8 Å². The van der Waals surface area contributed by atoms with Crippen LogP contribution >= 0.6 is 0 Å². The molecule has 0 amide bonds. The highest BCUT2D eigenvalue weighted by Gasteiger charge is 2.36. The van der Waals surface area contributed by atoms with Crippen LogP contribution in [0.3, 0.4) is 0 Å². The van der Waals surface area contributed by atoms with Gasteiger partial charge in [0.25, 0.3) is 0 Å². The molecule has 5 nitrogen and oxygen atoms in total. The smallest absolute Gasteiger partial charge is 0.322 e. The van der Waals surface area contributed by atoms with Crippen LogP contribution in [0, 0.1) is 24.1 Å². The molecule has 0 aliphatic heterocycles. The van der Waals surface area contributed by atoms with Crippen LogP contribution in [0.25, 0.3) is 0 Å². The summed E-state index contributed by atoms with van der Waals surface area (Å²) < 4.78 is 39.4. The van der Waals surface area contributed by atoms with Crippen molar-refractivity contribution >= 4 is 16.0 Å². The Bertz CT molecular complexity index is 709. The first kappa shape index (κ1) is 18.1. The van der Waals surface area contributed by atoms with Gasteiger partial charge in [-0.05, 0) is 24.1 Å². The zero-order valence-electron chi connectivity index (χ0n) is 12.6. The molecule has 2 atom stereocenters. The Kier molecular flexibility index (Phi) is 5.69. The third-order valence-corrected chi connectivity index (χ3v) is 5.44. The molecule has 1 N–H and O–H groups in total. The normalized spacial score (nSPS) is 14.4.